The fraction of sp³-hybridized carbons (Fsp3) is 0.625. The Hall–Kier alpha value is -0.500. The first-order valence-electron chi connectivity index (χ1n) is 3.51. The van der Waals surface area contributed by atoms with Gasteiger partial charge >= 0.3 is 5.97 Å². The lowest BCUT2D eigenvalue weighted by atomic mass is 10.1. The average molecular weight is 175 g/mol. The number of carboxylic acids is 1. The molecule has 0 aromatic rings. The fourth-order valence-corrected chi connectivity index (χ4v) is 1.74. The molecule has 0 radical (unpaired) electrons. The summed E-state index contributed by atoms with van der Waals surface area (Å²) in [5, 5.41) is 8.71. The van der Waals surface area contributed by atoms with Crippen molar-refractivity contribution in [2.24, 2.45) is 17.3 Å². The molecule has 1 fully saturated rings. The van der Waals surface area contributed by atoms with Crippen molar-refractivity contribution in [3.05, 3.63) is 11.6 Å². The van der Waals surface area contributed by atoms with Crippen LogP contribution in [0.4, 0.5) is 0 Å². The van der Waals surface area contributed by atoms with Crippen LogP contribution in [0.2, 0.25) is 0 Å². The van der Waals surface area contributed by atoms with Crippen molar-refractivity contribution in [2.75, 3.05) is 0 Å². The molecular formula is C8H11ClO2. The van der Waals surface area contributed by atoms with Crippen molar-refractivity contribution in [2.45, 2.75) is 13.8 Å². The van der Waals surface area contributed by atoms with E-state index in [0.29, 0.717) is 0 Å². The van der Waals surface area contributed by atoms with Gasteiger partial charge in [-0.3, -0.25) is 4.79 Å². The van der Waals surface area contributed by atoms with Crippen molar-refractivity contribution in [1.29, 1.82) is 0 Å². The second kappa shape index (κ2) is 2.52. The van der Waals surface area contributed by atoms with Gasteiger partial charge in [-0.05, 0) is 11.3 Å². The Morgan fingerprint density at radius 3 is 2.45 bits per heavy atom. The number of rotatable bonds is 2. The standard InChI is InChI=1S/C8H11ClO2/c1-8(2)5(3-4-9)6(8)7(10)11/h3-6H,1-2H3,(H,10,11)/b4-3+/t5-,6-/m0/s1. The highest BCUT2D eigenvalue weighted by molar-refractivity contribution is 6.25. The molecule has 0 amide bonds. The largest absolute Gasteiger partial charge is 0.481 e. The molecule has 0 spiro atoms. The Morgan fingerprint density at radius 1 is 1.64 bits per heavy atom. The third kappa shape index (κ3) is 1.27. The molecule has 1 aliphatic carbocycles. The predicted molar refractivity (Wildman–Crippen MR) is 43.4 cm³/mol. The lowest BCUT2D eigenvalue weighted by Gasteiger charge is -1.95. The van der Waals surface area contributed by atoms with Crippen LogP contribution in [0.3, 0.4) is 0 Å². The van der Waals surface area contributed by atoms with Crippen molar-refractivity contribution in [1.82, 2.24) is 0 Å². The molecule has 0 heterocycles. The van der Waals surface area contributed by atoms with Gasteiger partial charge in [0.15, 0.2) is 0 Å². The van der Waals surface area contributed by atoms with Crippen molar-refractivity contribution >= 4 is 17.6 Å². The number of carbonyl (C=O) groups is 1. The van der Waals surface area contributed by atoms with Crippen molar-refractivity contribution in [3.63, 3.8) is 0 Å². The smallest absolute Gasteiger partial charge is 0.307 e. The first-order valence-corrected chi connectivity index (χ1v) is 3.95. The molecule has 2 atom stereocenters. The van der Waals surface area contributed by atoms with Gasteiger partial charge in [0.25, 0.3) is 0 Å². The Morgan fingerprint density at radius 2 is 2.18 bits per heavy atom. The van der Waals surface area contributed by atoms with Gasteiger partial charge in [-0.1, -0.05) is 31.5 Å². The quantitative estimate of drug-likeness (QED) is 0.696. The Labute approximate surface area is 70.9 Å². The van der Waals surface area contributed by atoms with Gasteiger partial charge in [-0.15, -0.1) is 0 Å². The summed E-state index contributed by atoms with van der Waals surface area (Å²) < 4.78 is 0. The second-order valence-corrected chi connectivity index (χ2v) is 3.73. The van der Waals surface area contributed by atoms with E-state index in [0.717, 1.165) is 0 Å². The van der Waals surface area contributed by atoms with Crippen LogP contribution in [0.15, 0.2) is 11.6 Å². The molecule has 0 aromatic carbocycles. The molecule has 1 saturated carbocycles. The number of allylic oxidation sites excluding steroid dienone is 1. The van der Waals surface area contributed by atoms with Crippen LogP contribution < -0.4 is 0 Å². The summed E-state index contributed by atoms with van der Waals surface area (Å²) in [6.45, 7) is 3.88. The summed E-state index contributed by atoms with van der Waals surface area (Å²) in [6.07, 6.45) is 1.75. The molecule has 62 valence electrons. The fourth-order valence-electron chi connectivity index (χ4n) is 1.59. The lowest BCUT2D eigenvalue weighted by Crippen LogP contribution is -2.02. The van der Waals surface area contributed by atoms with Gasteiger partial charge in [0.05, 0.1) is 5.92 Å². The van der Waals surface area contributed by atoms with E-state index in [9.17, 15) is 4.79 Å². The summed E-state index contributed by atoms with van der Waals surface area (Å²) >= 11 is 5.36. The first-order chi connectivity index (χ1) is 5.01. The maximum absolute atomic E-state index is 10.6. The molecule has 0 saturated heterocycles. The molecular weight excluding hydrogens is 164 g/mol. The Bertz CT molecular complexity index is 208. The zero-order chi connectivity index (χ0) is 8.65. The van der Waals surface area contributed by atoms with E-state index in [1.165, 1.54) is 5.54 Å². The van der Waals surface area contributed by atoms with Crippen LogP contribution in [0.25, 0.3) is 0 Å². The SMILES string of the molecule is CC1(C)[C@H](C(=O)O)[C@@H]1/C=C/Cl. The highest BCUT2D eigenvalue weighted by Gasteiger charge is 2.60. The molecule has 11 heavy (non-hydrogen) atoms. The maximum Gasteiger partial charge on any atom is 0.307 e. The van der Waals surface area contributed by atoms with Crippen LogP contribution in [-0.2, 0) is 4.79 Å². The lowest BCUT2D eigenvalue weighted by molar-refractivity contribution is -0.139. The Kier molecular flexibility index (Phi) is 1.97. The third-order valence-electron chi connectivity index (χ3n) is 2.46. The molecule has 0 bridgehead atoms. The molecule has 3 heteroatoms. The molecule has 0 aliphatic heterocycles. The van der Waals surface area contributed by atoms with E-state index < -0.39 is 5.97 Å². The van der Waals surface area contributed by atoms with E-state index in [1.807, 2.05) is 13.8 Å². The van der Waals surface area contributed by atoms with E-state index in [4.69, 9.17) is 16.7 Å². The molecule has 1 rings (SSSR count). The molecule has 1 aliphatic rings. The maximum atomic E-state index is 10.6. The normalized spacial score (nSPS) is 34.1. The molecule has 0 unspecified atom stereocenters. The highest BCUT2D eigenvalue weighted by atomic mass is 35.5. The van der Waals surface area contributed by atoms with Crippen LogP contribution in [-0.4, -0.2) is 11.1 Å². The summed E-state index contributed by atoms with van der Waals surface area (Å²) in [7, 11) is 0. The summed E-state index contributed by atoms with van der Waals surface area (Å²) in [5.41, 5.74) is 1.28. The number of hydrogen-bond donors (Lipinski definition) is 1. The molecule has 2 nitrogen and oxygen atoms in total. The van der Waals surface area contributed by atoms with E-state index in [1.54, 1.807) is 6.08 Å². The second-order valence-electron chi connectivity index (χ2n) is 3.48. The average Bonchev–Trinajstić information content (AvgIpc) is 2.35. The van der Waals surface area contributed by atoms with Crippen LogP contribution in [0.1, 0.15) is 13.8 Å². The van der Waals surface area contributed by atoms with Gasteiger partial charge < -0.3 is 5.11 Å². The van der Waals surface area contributed by atoms with Gasteiger partial charge in [-0.2, -0.15) is 0 Å². The van der Waals surface area contributed by atoms with Crippen LogP contribution >= 0.6 is 11.6 Å². The minimum Gasteiger partial charge on any atom is -0.481 e. The number of hydrogen-bond acceptors (Lipinski definition) is 1. The van der Waals surface area contributed by atoms with Crippen LogP contribution in [0, 0.1) is 17.3 Å². The zero-order valence-corrected chi connectivity index (χ0v) is 7.30. The predicted octanol–water partition coefficient (Wildman–Crippen LogP) is 2.10. The number of aliphatic carboxylic acids is 1. The zero-order valence-electron chi connectivity index (χ0n) is 6.54. The monoisotopic (exact) mass is 174 g/mol. The first kappa shape index (κ1) is 8.60. The van der Waals surface area contributed by atoms with Crippen LogP contribution in [0.5, 0.6) is 0 Å². The summed E-state index contributed by atoms with van der Waals surface area (Å²) in [5.74, 6) is -0.871. The summed E-state index contributed by atoms with van der Waals surface area (Å²) in [4.78, 5) is 10.6. The van der Waals surface area contributed by atoms with Gasteiger partial charge in [0.2, 0.25) is 0 Å². The minimum atomic E-state index is -0.727. The van der Waals surface area contributed by atoms with Crippen molar-refractivity contribution in [3.8, 4) is 0 Å². The van der Waals surface area contributed by atoms with Gasteiger partial charge in [0, 0.05) is 5.54 Å². The van der Waals surface area contributed by atoms with E-state index in [2.05, 4.69) is 0 Å². The van der Waals surface area contributed by atoms with Gasteiger partial charge in [-0.25, -0.2) is 0 Å². The third-order valence-corrected chi connectivity index (χ3v) is 2.60. The van der Waals surface area contributed by atoms with Gasteiger partial charge in [0.1, 0.15) is 0 Å². The van der Waals surface area contributed by atoms with E-state index >= 15 is 0 Å². The molecule has 0 aromatic heterocycles. The van der Waals surface area contributed by atoms with Crippen molar-refractivity contribution < 1.29 is 9.90 Å². The van der Waals surface area contributed by atoms with E-state index in [-0.39, 0.29) is 17.3 Å². The summed E-state index contributed by atoms with van der Waals surface area (Å²) in [6, 6.07) is 0. The minimum absolute atomic E-state index is 0.109. The Balaban J connectivity index is 2.68. The highest BCUT2D eigenvalue weighted by Crippen LogP contribution is 2.59. The number of carboxylic acid groups (broad SMARTS) is 1. The molecule has 1 N–H and O–H groups in total. The topological polar surface area (TPSA) is 37.3 Å². The number of halogens is 1.